The predicted molar refractivity (Wildman–Crippen MR) is 75.0 cm³/mol. The first-order valence-electron chi connectivity index (χ1n) is 5.75. The summed E-state index contributed by atoms with van der Waals surface area (Å²) >= 11 is 3.49. The Bertz CT molecular complexity index is 577. The predicted octanol–water partition coefficient (Wildman–Crippen LogP) is 3.40. The van der Waals surface area contributed by atoms with Crippen LogP contribution in [0.1, 0.15) is 13.3 Å². The van der Waals surface area contributed by atoms with Gasteiger partial charge in [-0.1, -0.05) is 22.9 Å². The van der Waals surface area contributed by atoms with Gasteiger partial charge in [-0.25, -0.2) is 0 Å². The third-order valence-corrected chi connectivity index (χ3v) is 3.79. The molecule has 0 bridgehead atoms. The van der Waals surface area contributed by atoms with E-state index >= 15 is 0 Å². The maximum absolute atomic E-state index is 6.02. The van der Waals surface area contributed by atoms with E-state index in [0.29, 0.717) is 6.04 Å². The van der Waals surface area contributed by atoms with Crippen LogP contribution in [0.3, 0.4) is 0 Å². The van der Waals surface area contributed by atoms with E-state index in [9.17, 15) is 0 Å². The number of hydrogen-bond donors (Lipinski definition) is 2. The average molecular weight is 292 g/mol. The van der Waals surface area contributed by atoms with E-state index in [-0.39, 0.29) is 0 Å². The molecule has 1 saturated carbocycles. The van der Waals surface area contributed by atoms with Gasteiger partial charge < -0.3 is 11.1 Å². The molecular formula is C13H14BrN3. The topological polar surface area (TPSA) is 50.9 Å². The Kier molecular flexibility index (Phi) is 2.47. The second kappa shape index (κ2) is 3.88. The highest BCUT2D eigenvalue weighted by molar-refractivity contribution is 9.10. The Hall–Kier alpha value is -1.29. The molecule has 1 aliphatic rings. The first-order valence-corrected chi connectivity index (χ1v) is 6.55. The molecule has 2 aromatic rings. The molecule has 0 aliphatic heterocycles. The van der Waals surface area contributed by atoms with Crippen LogP contribution in [0, 0.1) is 5.92 Å². The lowest BCUT2D eigenvalue weighted by Gasteiger charge is -2.12. The Morgan fingerprint density at radius 2 is 2.24 bits per heavy atom. The number of benzene rings is 1. The van der Waals surface area contributed by atoms with Crippen molar-refractivity contribution in [3.8, 4) is 0 Å². The molecule has 1 aromatic carbocycles. The molecule has 0 amide bonds. The smallest absolute Gasteiger partial charge is 0.0743 e. The lowest BCUT2D eigenvalue weighted by atomic mass is 10.1. The van der Waals surface area contributed by atoms with Gasteiger partial charge >= 0.3 is 0 Å². The fraction of sp³-hybridized carbons (Fsp3) is 0.308. The molecule has 1 fully saturated rings. The minimum absolute atomic E-state index is 0.557. The summed E-state index contributed by atoms with van der Waals surface area (Å²) in [4.78, 5) is 4.34. The molecule has 0 saturated heterocycles. The van der Waals surface area contributed by atoms with Crippen LogP contribution in [0.25, 0.3) is 10.9 Å². The Morgan fingerprint density at radius 3 is 2.94 bits per heavy atom. The molecule has 3 N–H and O–H groups in total. The second-order valence-corrected chi connectivity index (χ2v) is 5.63. The average Bonchev–Trinajstić information content (AvgIpc) is 2.99. The molecule has 2 unspecified atom stereocenters. The summed E-state index contributed by atoms with van der Waals surface area (Å²) in [6.07, 6.45) is 2.95. The zero-order valence-corrected chi connectivity index (χ0v) is 11.2. The number of pyridine rings is 1. The molecule has 1 aliphatic carbocycles. The number of nitrogens with one attached hydrogen (secondary N) is 1. The number of anilines is 2. The zero-order chi connectivity index (χ0) is 12.0. The molecule has 88 valence electrons. The summed E-state index contributed by atoms with van der Waals surface area (Å²) in [6.45, 7) is 2.24. The molecule has 0 radical (unpaired) electrons. The van der Waals surface area contributed by atoms with Crippen LogP contribution in [0.5, 0.6) is 0 Å². The number of nitrogens with two attached hydrogens (primary N) is 1. The van der Waals surface area contributed by atoms with Crippen LogP contribution in [-0.2, 0) is 0 Å². The van der Waals surface area contributed by atoms with Gasteiger partial charge in [-0.2, -0.15) is 0 Å². The Labute approximate surface area is 109 Å². The number of hydrogen-bond acceptors (Lipinski definition) is 3. The third kappa shape index (κ3) is 1.97. The number of aromatic nitrogens is 1. The number of nitrogens with zero attached hydrogens (tertiary/aromatic N) is 1. The van der Waals surface area contributed by atoms with Crippen LogP contribution in [0.4, 0.5) is 11.4 Å². The van der Waals surface area contributed by atoms with Gasteiger partial charge in [0.05, 0.1) is 23.1 Å². The summed E-state index contributed by atoms with van der Waals surface area (Å²) < 4.78 is 1.05. The van der Waals surface area contributed by atoms with Gasteiger partial charge in [0.1, 0.15) is 0 Å². The summed E-state index contributed by atoms with van der Waals surface area (Å²) in [5.41, 5.74) is 8.72. The minimum atomic E-state index is 0.557. The minimum Gasteiger partial charge on any atom is -0.396 e. The van der Waals surface area contributed by atoms with E-state index in [0.717, 1.165) is 32.7 Å². The third-order valence-electron chi connectivity index (χ3n) is 3.30. The molecule has 2 atom stereocenters. The van der Waals surface area contributed by atoms with Gasteiger partial charge in [0, 0.05) is 15.9 Å². The highest BCUT2D eigenvalue weighted by Gasteiger charge is 2.33. The molecule has 1 heterocycles. The fourth-order valence-electron chi connectivity index (χ4n) is 2.05. The molecule has 3 rings (SSSR count). The number of nitrogen functional groups attached to an aromatic ring is 1. The monoisotopic (exact) mass is 291 g/mol. The van der Waals surface area contributed by atoms with Crippen molar-refractivity contribution >= 4 is 38.2 Å². The molecule has 17 heavy (non-hydrogen) atoms. The lowest BCUT2D eigenvalue weighted by Crippen LogP contribution is -2.07. The highest BCUT2D eigenvalue weighted by Crippen LogP contribution is 2.37. The van der Waals surface area contributed by atoms with Crippen LogP contribution in [0.2, 0.25) is 0 Å². The first-order chi connectivity index (χ1) is 8.15. The van der Waals surface area contributed by atoms with Gasteiger partial charge in [-0.05, 0) is 30.5 Å². The normalized spacial score (nSPS) is 22.7. The summed E-state index contributed by atoms with van der Waals surface area (Å²) in [7, 11) is 0. The quantitative estimate of drug-likeness (QED) is 0.892. The standard InChI is InChI=1S/C13H14BrN3/c1-7-4-12(7)17-13-9-5-8(14)2-3-11(9)16-6-10(13)15/h2-3,5-7,12H,4,15H2,1H3,(H,16,17). The SMILES string of the molecule is CC1CC1Nc1c(N)cnc2ccc(Br)cc12. The van der Waals surface area contributed by atoms with Gasteiger partial charge in [0.15, 0.2) is 0 Å². The summed E-state index contributed by atoms with van der Waals surface area (Å²) in [5.74, 6) is 0.741. The summed E-state index contributed by atoms with van der Waals surface area (Å²) in [6, 6.07) is 6.62. The van der Waals surface area contributed by atoms with Gasteiger partial charge in [0.2, 0.25) is 0 Å². The van der Waals surface area contributed by atoms with Crippen molar-refractivity contribution in [2.75, 3.05) is 11.1 Å². The van der Waals surface area contributed by atoms with E-state index in [1.165, 1.54) is 6.42 Å². The lowest BCUT2D eigenvalue weighted by molar-refractivity contribution is 0.930. The molecule has 4 heteroatoms. The molecule has 0 spiro atoms. The fourth-order valence-corrected chi connectivity index (χ4v) is 2.41. The van der Waals surface area contributed by atoms with E-state index in [1.807, 2.05) is 12.1 Å². The van der Waals surface area contributed by atoms with Crippen LogP contribution in [-0.4, -0.2) is 11.0 Å². The van der Waals surface area contributed by atoms with Crippen LogP contribution >= 0.6 is 15.9 Å². The second-order valence-electron chi connectivity index (χ2n) is 4.71. The van der Waals surface area contributed by atoms with Crippen molar-refractivity contribution in [2.45, 2.75) is 19.4 Å². The molecule has 1 aromatic heterocycles. The van der Waals surface area contributed by atoms with Crippen molar-refractivity contribution in [1.29, 1.82) is 0 Å². The van der Waals surface area contributed by atoms with Crippen LogP contribution < -0.4 is 11.1 Å². The van der Waals surface area contributed by atoms with E-state index in [2.05, 4.69) is 39.2 Å². The zero-order valence-electron chi connectivity index (χ0n) is 9.57. The van der Waals surface area contributed by atoms with Crippen molar-refractivity contribution in [3.05, 3.63) is 28.9 Å². The van der Waals surface area contributed by atoms with Gasteiger partial charge in [-0.3, -0.25) is 4.98 Å². The van der Waals surface area contributed by atoms with Crippen molar-refractivity contribution in [2.24, 2.45) is 5.92 Å². The Balaban J connectivity index is 2.12. The van der Waals surface area contributed by atoms with E-state index < -0.39 is 0 Å². The van der Waals surface area contributed by atoms with Gasteiger partial charge in [0.25, 0.3) is 0 Å². The number of halogens is 1. The molecular weight excluding hydrogens is 278 g/mol. The van der Waals surface area contributed by atoms with Crippen molar-refractivity contribution in [1.82, 2.24) is 4.98 Å². The Morgan fingerprint density at radius 1 is 1.47 bits per heavy atom. The van der Waals surface area contributed by atoms with E-state index in [4.69, 9.17) is 5.73 Å². The van der Waals surface area contributed by atoms with E-state index in [1.54, 1.807) is 6.20 Å². The summed E-state index contributed by atoms with van der Waals surface area (Å²) in [5, 5.41) is 4.60. The van der Waals surface area contributed by atoms with Crippen molar-refractivity contribution < 1.29 is 0 Å². The van der Waals surface area contributed by atoms with Gasteiger partial charge in [-0.15, -0.1) is 0 Å². The maximum atomic E-state index is 6.02. The number of rotatable bonds is 2. The number of fused-ring (bicyclic) bond motifs is 1. The largest absolute Gasteiger partial charge is 0.396 e. The van der Waals surface area contributed by atoms with Crippen molar-refractivity contribution in [3.63, 3.8) is 0 Å². The molecule has 3 nitrogen and oxygen atoms in total. The highest BCUT2D eigenvalue weighted by atomic mass is 79.9. The van der Waals surface area contributed by atoms with Crippen LogP contribution in [0.15, 0.2) is 28.9 Å². The first kappa shape index (κ1) is 10.8. The maximum Gasteiger partial charge on any atom is 0.0743 e.